The van der Waals surface area contributed by atoms with E-state index >= 15 is 0 Å². The molecular weight excluding hydrogens is 326 g/mol. The van der Waals surface area contributed by atoms with Gasteiger partial charge in [-0.2, -0.15) is 0 Å². The largest absolute Gasteiger partial charge is 0.322 e. The van der Waals surface area contributed by atoms with Crippen molar-refractivity contribution in [1.29, 1.82) is 0 Å². The number of thioether (sulfide) groups is 1. The molecule has 0 unspecified atom stereocenters. The molecule has 0 radical (unpaired) electrons. The molecule has 2 nitrogen and oxygen atoms in total. The quantitative estimate of drug-likeness (QED) is 0.712. The van der Waals surface area contributed by atoms with Crippen molar-refractivity contribution in [2.75, 3.05) is 6.26 Å². The first-order chi connectivity index (χ1) is 12.2. The summed E-state index contributed by atoms with van der Waals surface area (Å²) in [5, 5.41) is 0. The van der Waals surface area contributed by atoms with Crippen LogP contribution in [-0.4, -0.2) is 11.2 Å². The Hall–Kier alpha value is -1.74. The Balaban J connectivity index is 1.73. The lowest BCUT2D eigenvalue weighted by Crippen LogP contribution is -2.13. The zero-order chi connectivity index (χ0) is 17.2. The lowest BCUT2D eigenvalue weighted by molar-refractivity contribution is 0.687. The Kier molecular flexibility index (Phi) is 4.85. The third-order valence-corrected chi connectivity index (χ3v) is 6.19. The lowest BCUT2D eigenvalue weighted by atomic mass is 9.95. The third kappa shape index (κ3) is 3.77. The number of aromatic amines is 1. The fourth-order valence-corrected chi connectivity index (χ4v) is 4.24. The van der Waals surface area contributed by atoms with Crippen LogP contribution in [0.3, 0.4) is 0 Å². The van der Waals surface area contributed by atoms with E-state index in [9.17, 15) is 4.79 Å². The number of H-pyrrole nitrogens is 1. The van der Waals surface area contributed by atoms with E-state index in [0.717, 1.165) is 24.1 Å². The van der Waals surface area contributed by atoms with Crippen LogP contribution in [-0.2, 0) is 0 Å². The molecule has 2 aromatic rings. The molecule has 130 valence electrons. The maximum absolute atomic E-state index is 12.5. The summed E-state index contributed by atoms with van der Waals surface area (Å²) < 4.78 is 0. The Labute approximate surface area is 153 Å². The van der Waals surface area contributed by atoms with Crippen LogP contribution in [0.5, 0.6) is 0 Å². The summed E-state index contributed by atoms with van der Waals surface area (Å²) in [6.07, 6.45) is 12.0. The average molecular weight is 352 g/mol. The van der Waals surface area contributed by atoms with Crippen LogP contribution in [0.2, 0.25) is 0 Å². The van der Waals surface area contributed by atoms with Crippen LogP contribution in [0.1, 0.15) is 61.3 Å². The predicted molar refractivity (Wildman–Crippen MR) is 106 cm³/mol. The van der Waals surface area contributed by atoms with Gasteiger partial charge in [0.05, 0.1) is 0 Å². The zero-order valence-corrected chi connectivity index (χ0v) is 15.6. The molecule has 0 amide bonds. The second-order valence-corrected chi connectivity index (χ2v) is 8.16. The van der Waals surface area contributed by atoms with Crippen LogP contribution in [0, 0.1) is 5.92 Å². The lowest BCUT2D eigenvalue weighted by Gasteiger charge is -2.13. The molecule has 1 aromatic heterocycles. The minimum absolute atomic E-state index is 0.0954. The summed E-state index contributed by atoms with van der Waals surface area (Å²) in [6.45, 7) is 0. The van der Waals surface area contributed by atoms with Crippen molar-refractivity contribution in [2.24, 2.45) is 5.92 Å². The molecule has 0 aliphatic heterocycles. The van der Waals surface area contributed by atoms with Crippen molar-refractivity contribution < 1.29 is 0 Å². The van der Waals surface area contributed by atoms with Crippen molar-refractivity contribution in [3.63, 3.8) is 0 Å². The Morgan fingerprint density at radius 3 is 2.36 bits per heavy atom. The van der Waals surface area contributed by atoms with Crippen molar-refractivity contribution in [3.05, 3.63) is 69.6 Å². The first-order valence-corrected chi connectivity index (χ1v) is 10.6. The minimum Gasteiger partial charge on any atom is -0.322 e. The first-order valence-electron chi connectivity index (χ1n) is 9.34. The van der Waals surface area contributed by atoms with E-state index in [4.69, 9.17) is 0 Å². The summed E-state index contributed by atoms with van der Waals surface area (Å²) in [5.74, 6) is 1.11. The highest BCUT2D eigenvalue weighted by Gasteiger charge is 2.26. The van der Waals surface area contributed by atoms with Crippen LogP contribution >= 0.6 is 11.8 Å². The maximum Gasteiger partial charge on any atom is 0.251 e. The third-order valence-electron chi connectivity index (χ3n) is 5.45. The van der Waals surface area contributed by atoms with Crippen LogP contribution in [0.4, 0.5) is 0 Å². The van der Waals surface area contributed by atoms with Gasteiger partial charge in [0.2, 0.25) is 0 Å². The molecule has 2 saturated carbocycles. The minimum atomic E-state index is 0.0954. The number of rotatable bonds is 5. The molecule has 2 aliphatic carbocycles. The molecule has 1 heterocycles. The molecule has 25 heavy (non-hydrogen) atoms. The highest BCUT2D eigenvalue weighted by molar-refractivity contribution is 7.98. The van der Waals surface area contributed by atoms with Gasteiger partial charge >= 0.3 is 0 Å². The van der Waals surface area contributed by atoms with Gasteiger partial charge in [-0.3, -0.25) is 4.79 Å². The van der Waals surface area contributed by atoms with Gasteiger partial charge in [0, 0.05) is 21.7 Å². The van der Waals surface area contributed by atoms with E-state index < -0.39 is 0 Å². The number of hydrogen-bond donors (Lipinski definition) is 1. The molecule has 2 aliphatic rings. The van der Waals surface area contributed by atoms with Crippen molar-refractivity contribution >= 4 is 17.3 Å². The average Bonchev–Trinajstić information content (AvgIpc) is 3.35. The fraction of sp³-hybridized carbons (Fsp3) is 0.409. The summed E-state index contributed by atoms with van der Waals surface area (Å²) in [4.78, 5) is 16.9. The standard InChI is InChI=1S/C22H25NOS/c1-25-18-10-8-17(9-11-18)20(14-15-4-2-3-5-15)21-13-12-19(16-6-7-16)22(24)23-21/h8-16H,2-7H2,1H3,(H,23,24)/b20-14+. The molecule has 0 atom stereocenters. The zero-order valence-electron chi connectivity index (χ0n) is 14.8. The predicted octanol–water partition coefficient (Wildman–Crippen LogP) is 5.60. The summed E-state index contributed by atoms with van der Waals surface area (Å²) >= 11 is 1.76. The van der Waals surface area contributed by atoms with Crippen molar-refractivity contribution in [1.82, 2.24) is 4.98 Å². The number of aromatic nitrogens is 1. The maximum atomic E-state index is 12.5. The molecule has 4 rings (SSSR count). The fourth-order valence-electron chi connectivity index (χ4n) is 3.83. The first kappa shape index (κ1) is 16.7. The van der Waals surface area contributed by atoms with Gasteiger partial charge in [-0.05, 0) is 67.5 Å². The second kappa shape index (κ2) is 7.25. The SMILES string of the molecule is CSc1ccc(/C(=C\C2CCCC2)c2ccc(C3CC3)c(=O)[nH]2)cc1. The van der Waals surface area contributed by atoms with E-state index in [2.05, 4.69) is 47.6 Å². The van der Waals surface area contributed by atoms with Gasteiger partial charge < -0.3 is 4.98 Å². The Bertz CT molecular complexity index is 824. The van der Waals surface area contributed by atoms with Gasteiger partial charge in [-0.15, -0.1) is 11.8 Å². The molecule has 3 heteroatoms. The summed E-state index contributed by atoms with van der Waals surface area (Å²) in [6, 6.07) is 12.8. The molecule has 0 spiro atoms. The topological polar surface area (TPSA) is 32.9 Å². The van der Waals surface area contributed by atoms with Crippen LogP contribution in [0.25, 0.3) is 5.57 Å². The Morgan fingerprint density at radius 2 is 1.76 bits per heavy atom. The van der Waals surface area contributed by atoms with Gasteiger partial charge in [0.25, 0.3) is 5.56 Å². The van der Waals surface area contributed by atoms with Gasteiger partial charge in [-0.25, -0.2) is 0 Å². The monoisotopic (exact) mass is 351 g/mol. The molecule has 1 N–H and O–H groups in total. The number of hydrogen-bond acceptors (Lipinski definition) is 2. The molecule has 0 saturated heterocycles. The van der Waals surface area contributed by atoms with Gasteiger partial charge in [-0.1, -0.05) is 37.1 Å². The second-order valence-electron chi connectivity index (χ2n) is 7.28. The highest BCUT2D eigenvalue weighted by atomic mass is 32.2. The van der Waals surface area contributed by atoms with Crippen LogP contribution in [0.15, 0.2) is 52.2 Å². The van der Waals surface area contributed by atoms with E-state index in [1.54, 1.807) is 11.8 Å². The van der Waals surface area contributed by atoms with E-state index in [-0.39, 0.29) is 5.56 Å². The van der Waals surface area contributed by atoms with Crippen molar-refractivity contribution in [2.45, 2.75) is 49.3 Å². The Morgan fingerprint density at radius 1 is 1.04 bits per heavy atom. The summed E-state index contributed by atoms with van der Waals surface area (Å²) in [5.41, 5.74) is 4.39. The molecule has 1 aromatic carbocycles. The smallest absolute Gasteiger partial charge is 0.251 e. The van der Waals surface area contributed by atoms with Gasteiger partial charge in [0.1, 0.15) is 0 Å². The molecule has 0 bridgehead atoms. The van der Waals surface area contributed by atoms with E-state index in [1.165, 1.54) is 41.7 Å². The number of nitrogens with one attached hydrogen (secondary N) is 1. The molecular formula is C22H25NOS. The molecule has 2 fully saturated rings. The van der Waals surface area contributed by atoms with Crippen molar-refractivity contribution in [3.8, 4) is 0 Å². The van der Waals surface area contributed by atoms with E-state index in [0.29, 0.717) is 11.8 Å². The van der Waals surface area contributed by atoms with Gasteiger partial charge in [0.15, 0.2) is 0 Å². The highest BCUT2D eigenvalue weighted by Crippen LogP contribution is 2.38. The number of allylic oxidation sites excluding steroid dienone is 1. The number of benzene rings is 1. The normalized spacial score (nSPS) is 18.7. The van der Waals surface area contributed by atoms with Crippen LogP contribution < -0.4 is 5.56 Å². The van der Waals surface area contributed by atoms with E-state index in [1.807, 2.05) is 6.07 Å². The summed E-state index contributed by atoms with van der Waals surface area (Å²) in [7, 11) is 0. The number of pyridine rings is 1.